The van der Waals surface area contributed by atoms with Crippen molar-refractivity contribution in [1.29, 1.82) is 0 Å². The zero-order valence-corrected chi connectivity index (χ0v) is 12.6. The third-order valence-electron chi connectivity index (χ3n) is 4.39. The number of benzene rings is 1. The van der Waals surface area contributed by atoms with E-state index in [1.165, 1.54) is 31.2 Å². The van der Waals surface area contributed by atoms with E-state index in [0.29, 0.717) is 6.54 Å². The van der Waals surface area contributed by atoms with Gasteiger partial charge in [-0.2, -0.15) is 0 Å². The van der Waals surface area contributed by atoms with Crippen LogP contribution < -0.4 is 5.73 Å². The number of halogens is 1. The Morgan fingerprint density at radius 2 is 2.11 bits per heavy atom. The van der Waals surface area contributed by atoms with Gasteiger partial charge in [-0.15, -0.1) is 0 Å². The normalized spacial score (nSPS) is 23.0. The highest BCUT2D eigenvalue weighted by molar-refractivity contribution is 6.31. The van der Waals surface area contributed by atoms with Gasteiger partial charge in [0.1, 0.15) is 0 Å². The van der Waals surface area contributed by atoms with E-state index < -0.39 is 0 Å². The topological polar surface area (TPSA) is 29.3 Å². The van der Waals surface area contributed by atoms with Crippen molar-refractivity contribution in [2.24, 2.45) is 11.7 Å². The number of nitrogens with two attached hydrogens (primary N) is 1. The van der Waals surface area contributed by atoms with E-state index >= 15 is 0 Å². The Hall–Kier alpha value is -0.570. The average Bonchev–Trinajstić information content (AvgIpc) is 2.67. The number of hydrogen-bond acceptors (Lipinski definition) is 2. The van der Waals surface area contributed by atoms with Crippen LogP contribution in [0.4, 0.5) is 0 Å². The van der Waals surface area contributed by atoms with Crippen LogP contribution in [0.1, 0.15) is 44.2 Å². The summed E-state index contributed by atoms with van der Waals surface area (Å²) in [5.41, 5.74) is 7.20. The fourth-order valence-corrected chi connectivity index (χ4v) is 3.39. The highest BCUT2D eigenvalue weighted by Crippen LogP contribution is 2.30. The van der Waals surface area contributed by atoms with Crippen LogP contribution in [-0.2, 0) is 0 Å². The van der Waals surface area contributed by atoms with E-state index in [9.17, 15) is 0 Å². The molecule has 0 radical (unpaired) electrons. The van der Waals surface area contributed by atoms with Crippen molar-refractivity contribution in [1.82, 2.24) is 4.90 Å². The summed E-state index contributed by atoms with van der Waals surface area (Å²) in [6, 6.07) is 8.38. The molecule has 19 heavy (non-hydrogen) atoms. The van der Waals surface area contributed by atoms with Gasteiger partial charge in [-0.25, -0.2) is 0 Å². The Morgan fingerprint density at radius 1 is 1.32 bits per heavy atom. The Kier molecular flexibility index (Phi) is 5.68. The molecular weight excluding hydrogens is 256 g/mol. The van der Waals surface area contributed by atoms with Crippen LogP contribution in [0.2, 0.25) is 5.02 Å². The summed E-state index contributed by atoms with van der Waals surface area (Å²) < 4.78 is 0. The van der Waals surface area contributed by atoms with Crippen LogP contribution >= 0.6 is 11.6 Å². The minimum Gasteiger partial charge on any atom is -0.329 e. The summed E-state index contributed by atoms with van der Waals surface area (Å²) in [6.07, 6.45) is 5.22. The molecule has 1 fully saturated rings. The molecule has 0 amide bonds. The van der Waals surface area contributed by atoms with Crippen molar-refractivity contribution in [3.05, 3.63) is 34.9 Å². The van der Waals surface area contributed by atoms with E-state index in [1.807, 2.05) is 12.1 Å². The monoisotopic (exact) mass is 280 g/mol. The molecule has 1 aliphatic heterocycles. The van der Waals surface area contributed by atoms with Gasteiger partial charge in [0, 0.05) is 17.6 Å². The average molecular weight is 281 g/mol. The van der Waals surface area contributed by atoms with Crippen molar-refractivity contribution < 1.29 is 0 Å². The summed E-state index contributed by atoms with van der Waals surface area (Å²) >= 11 is 6.33. The molecule has 1 saturated heterocycles. The highest BCUT2D eigenvalue weighted by atomic mass is 35.5. The SMILES string of the molecule is CCC1CCCN(C(CN)c2ccccc2Cl)CC1. The molecule has 2 atom stereocenters. The van der Waals surface area contributed by atoms with Crippen molar-refractivity contribution >= 4 is 11.6 Å². The molecule has 2 N–H and O–H groups in total. The van der Waals surface area contributed by atoms with Crippen molar-refractivity contribution in [2.45, 2.75) is 38.6 Å². The number of likely N-dealkylation sites (tertiary alicyclic amines) is 1. The van der Waals surface area contributed by atoms with E-state index in [0.717, 1.165) is 24.0 Å². The second-order valence-corrected chi connectivity index (χ2v) is 5.92. The Labute approximate surface area is 121 Å². The molecule has 1 aromatic rings. The highest BCUT2D eigenvalue weighted by Gasteiger charge is 2.24. The van der Waals surface area contributed by atoms with E-state index in [-0.39, 0.29) is 6.04 Å². The van der Waals surface area contributed by atoms with Crippen LogP contribution in [0.15, 0.2) is 24.3 Å². The van der Waals surface area contributed by atoms with Crippen LogP contribution in [0.3, 0.4) is 0 Å². The molecule has 1 aromatic carbocycles. The van der Waals surface area contributed by atoms with Gasteiger partial charge < -0.3 is 5.73 Å². The number of nitrogens with zero attached hydrogens (tertiary/aromatic N) is 1. The molecule has 106 valence electrons. The fourth-order valence-electron chi connectivity index (χ4n) is 3.13. The summed E-state index contributed by atoms with van der Waals surface area (Å²) in [7, 11) is 0. The van der Waals surface area contributed by atoms with Crippen LogP contribution in [0.5, 0.6) is 0 Å². The lowest BCUT2D eigenvalue weighted by molar-refractivity contribution is 0.207. The maximum atomic E-state index is 6.33. The number of rotatable bonds is 4. The maximum absolute atomic E-state index is 6.33. The van der Waals surface area contributed by atoms with Gasteiger partial charge in [-0.05, 0) is 49.9 Å². The minimum absolute atomic E-state index is 0.268. The van der Waals surface area contributed by atoms with Gasteiger partial charge in [0.2, 0.25) is 0 Å². The van der Waals surface area contributed by atoms with Gasteiger partial charge in [-0.1, -0.05) is 43.1 Å². The van der Waals surface area contributed by atoms with Gasteiger partial charge in [0.15, 0.2) is 0 Å². The first kappa shape index (κ1) is 14.8. The molecule has 2 rings (SSSR count). The zero-order chi connectivity index (χ0) is 13.7. The van der Waals surface area contributed by atoms with E-state index in [1.54, 1.807) is 0 Å². The molecule has 2 nitrogen and oxygen atoms in total. The second-order valence-electron chi connectivity index (χ2n) is 5.51. The van der Waals surface area contributed by atoms with Crippen molar-refractivity contribution in [3.63, 3.8) is 0 Å². The van der Waals surface area contributed by atoms with Gasteiger partial charge >= 0.3 is 0 Å². The van der Waals surface area contributed by atoms with Crippen LogP contribution in [0.25, 0.3) is 0 Å². The zero-order valence-electron chi connectivity index (χ0n) is 11.8. The first-order valence-electron chi connectivity index (χ1n) is 7.44. The fraction of sp³-hybridized carbons (Fsp3) is 0.625. The van der Waals surface area contributed by atoms with Crippen LogP contribution in [0, 0.1) is 5.92 Å². The molecular formula is C16H25ClN2. The largest absolute Gasteiger partial charge is 0.329 e. The lowest BCUT2D eigenvalue weighted by Crippen LogP contribution is -2.34. The summed E-state index contributed by atoms with van der Waals surface area (Å²) in [4.78, 5) is 2.52. The molecule has 3 heteroatoms. The summed E-state index contributed by atoms with van der Waals surface area (Å²) in [5.74, 6) is 0.884. The second kappa shape index (κ2) is 7.28. The third-order valence-corrected chi connectivity index (χ3v) is 4.73. The third kappa shape index (κ3) is 3.71. The molecule has 0 bridgehead atoms. The first-order chi connectivity index (χ1) is 9.26. The molecule has 0 aromatic heterocycles. The Balaban J connectivity index is 2.11. The Morgan fingerprint density at radius 3 is 2.79 bits per heavy atom. The van der Waals surface area contributed by atoms with Gasteiger partial charge in [-0.3, -0.25) is 4.90 Å². The number of hydrogen-bond donors (Lipinski definition) is 1. The molecule has 0 aliphatic carbocycles. The van der Waals surface area contributed by atoms with Crippen LogP contribution in [-0.4, -0.2) is 24.5 Å². The maximum Gasteiger partial charge on any atom is 0.0485 e. The van der Waals surface area contributed by atoms with E-state index in [2.05, 4.69) is 24.0 Å². The summed E-state index contributed by atoms with van der Waals surface area (Å²) in [6.45, 7) is 5.23. The van der Waals surface area contributed by atoms with E-state index in [4.69, 9.17) is 17.3 Å². The smallest absolute Gasteiger partial charge is 0.0485 e. The minimum atomic E-state index is 0.268. The predicted octanol–water partition coefficient (Wildman–Crippen LogP) is 3.85. The van der Waals surface area contributed by atoms with Gasteiger partial charge in [0.25, 0.3) is 0 Å². The quantitative estimate of drug-likeness (QED) is 0.908. The van der Waals surface area contributed by atoms with Crippen molar-refractivity contribution in [2.75, 3.05) is 19.6 Å². The standard InChI is InChI=1S/C16H25ClN2/c1-2-13-6-5-10-19(11-9-13)16(12-18)14-7-3-4-8-15(14)17/h3-4,7-8,13,16H,2,5-6,9-12,18H2,1H3. The lowest BCUT2D eigenvalue weighted by Gasteiger charge is -2.30. The molecule has 0 spiro atoms. The van der Waals surface area contributed by atoms with Gasteiger partial charge in [0.05, 0.1) is 0 Å². The van der Waals surface area contributed by atoms with Crippen molar-refractivity contribution in [3.8, 4) is 0 Å². The molecule has 2 unspecified atom stereocenters. The first-order valence-corrected chi connectivity index (χ1v) is 7.82. The Bertz CT molecular complexity index is 394. The molecule has 0 saturated carbocycles. The molecule has 1 heterocycles. The molecule has 1 aliphatic rings. The predicted molar refractivity (Wildman–Crippen MR) is 82.5 cm³/mol. The lowest BCUT2D eigenvalue weighted by atomic mass is 9.98. The summed E-state index contributed by atoms with van der Waals surface area (Å²) in [5, 5.41) is 0.842.